The number of nitrogens with zero attached hydrogens (tertiary/aromatic N) is 4. The fourth-order valence-electron chi connectivity index (χ4n) is 3.55. The third-order valence-corrected chi connectivity index (χ3v) is 6.43. The first-order valence-electron chi connectivity index (χ1n) is 10.1. The summed E-state index contributed by atoms with van der Waals surface area (Å²) in [5.74, 6) is 0.379. The second kappa shape index (κ2) is 9.80. The molecule has 0 saturated carbocycles. The number of hydrogen-bond donors (Lipinski definition) is 0. The van der Waals surface area contributed by atoms with E-state index < -0.39 is 0 Å². The van der Waals surface area contributed by atoms with E-state index in [1.165, 1.54) is 11.3 Å². The molecule has 2 aromatic rings. The third-order valence-electron chi connectivity index (χ3n) is 5.39. The Balaban J connectivity index is 0.00000272. The molecule has 1 aromatic carbocycles. The summed E-state index contributed by atoms with van der Waals surface area (Å²) >= 11 is 1.38. The summed E-state index contributed by atoms with van der Waals surface area (Å²) in [5, 5.41) is 0.532. The van der Waals surface area contributed by atoms with Gasteiger partial charge in [-0.05, 0) is 13.1 Å². The van der Waals surface area contributed by atoms with Crippen molar-refractivity contribution in [3.05, 3.63) is 12.1 Å². The summed E-state index contributed by atoms with van der Waals surface area (Å²) in [6, 6.07) is 3.66. The highest BCUT2D eigenvalue weighted by atomic mass is 35.5. The Hall–Kier alpha value is -2.43. The fourth-order valence-corrected chi connectivity index (χ4v) is 4.57. The van der Waals surface area contributed by atoms with Crippen LogP contribution in [0, 0.1) is 0 Å². The number of halogens is 1. The topological polar surface area (TPSA) is 92.3 Å². The van der Waals surface area contributed by atoms with E-state index in [4.69, 9.17) is 9.47 Å². The van der Waals surface area contributed by atoms with Crippen molar-refractivity contribution in [2.45, 2.75) is 26.7 Å². The van der Waals surface area contributed by atoms with Gasteiger partial charge in [0, 0.05) is 38.1 Å². The molecule has 0 aliphatic carbocycles. The fraction of sp³-hybridized carbons (Fsp3) is 0.500. The minimum atomic E-state index is -0.315. The molecular weight excluding hydrogens is 444 g/mol. The third kappa shape index (κ3) is 4.76. The summed E-state index contributed by atoms with van der Waals surface area (Å²) in [5.41, 5.74) is 0.716. The minimum absolute atomic E-state index is 0. The van der Waals surface area contributed by atoms with Gasteiger partial charge in [0.1, 0.15) is 6.54 Å². The first-order valence-corrected chi connectivity index (χ1v) is 10.9. The molecule has 3 amide bonds. The Morgan fingerprint density at radius 2 is 1.74 bits per heavy atom. The lowest BCUT2D eigenvalue weighted by molar-refractivity contribution is -0.141. The number of aromatic nitrogens is 1. The van der Waals surface area contributed by atoms with Crippen LogP contribution in [0.2, 0.25) is 0 Å². The Morgan fingerprint density at radius 1 is 1.10 bits per heavy atom. The number of likely N-dealkylation sites (tertiary alicyclic amines) is 1. The molecule has 168 valence electrons. The van der Waals surface area contributed by atoms with Crippen molar-refractivity contribution in [3.63, 3.8) is 0 Å². The Morgan fingerprint density at radius 3 is 2.39 bits per heavy atom. The summed E-state index contributed by atoms with van der Waals surface area (Å²) < 4.78 is 11.7. The molecule has 0 spiro atoms. The Labute approximate surface area is 190 Å². The number of ether oxygens (including phenoxy) is 2. The van der Waals surface area contributed by atoms with Gasteiger partial charge in [0.15, 0.2) is 16.6 Å². The van der Waals surface area contributed by atoms with Crippen molar-refractivity contribution >= 4 is 56.8 Å². The number of hydrogen-bond acceptors (Lipinski definition) is 8. The van der Waals surface area contributed by atoms with Gasteiger partial charge in [-0.25, -0.2) is 4.98 Å². The lowest BCUT2D eigenvalue weighted by Crippen LogP contribution is -2.45. The highest BCUT2D eigenvalue weighted by molar-refractivity contribution is 7.22. The number of fused-ring (bicyclic) bond motifs is 2. The molecule has 2 aliphatic heterocycles. The molecule has 31 heavy (non-hydrogen) atoms. The molecule has 1 aromatic heterocycles. The number of carbonyl (C=O) groups excluding carboxylic acids is 3. The van der Waals surface area contributed by atoms with Crippen molar-refractivity contribution in [1.29, 1.82) is 0 Å². The summed E-state index contributed by atoms with van der Waals surface area (Å²) in [6.45, 7) is 6.88. The van der Waals surface area contributed by atoms with Gasteiger partial charge in [-0.3, -0.25) is 24.2 Å². The quantitative estimate of drug-likeness (QED) is 0.549. The van der Waals surface area contributed by atoms with Crippen molar-refractivity contribution < 1.29 is 23.9 Å². The van der Waals surface area contributed by atoms with E-state index in [2.05, 4.69) is 23.7 Å². The largest absolute Gasteiger partial charge is 0.454 e. The zero-order valence-electron chi connectivity index (χ0n) is 17.5. The van der Waals surface area contributed by atoms with Crippen molar-refractivity contribution in [3.8, 4) is 11.5 Å². The molecule has 0 unspecified atom stereocenters. The number of imide groups is 1. The molecule has 4 rings (SSSR count). The number of amides is 3. The van der Waals surface area contributed by atoms with Crippen LogP contribution < -0.4 is 14.4 Å². The molecule has 9 nitrogen and oxygen atoms in total. The van der Waals surface area contributed by atoms with Gasteiger partial charge in [0.2, 0.25) is 24.5 Å². The van der Waals surface area contributed by atoms with Gasteiger partial charge in [-0.15, -0.1) is 12.4 Å². The SMILES string of the molecule is CCN(CC)CCN(C(=O)CN1C(=O)CCC1=O)c1nc2cc3c(cc2s1)OCO3.Cl. The van der Waals surface area contributed by atoms with Gasteiger partial charge >= 0.3 is 0 Å². The van der Waals surface area contributed by atoms with Crippen LogP contribution in [-0.2, 0) is 14.4 Å². The average molecular weight is 469 g/mol. The zero-order valence-corrected chi connectivity index (χ0v) is 19.1. The highest BCUT2D eigenvalue weighted by Crippen LogP contribution is 2.39. The number of carbonyl (C=O) groups is 3. The van der Waals surface area contributed by atoms with E-state index in [-0.39, 0.29) is 56.3 Å². The van der Waals surface area contributed by atoms with Crippen LogP contribution in [0.4, 0.5) is 5.13 Å². The highest BCUT2D eigenvalue weighted by Gasteiger charge is 2.33. The normalized spacial score (nSPS) is 15.1. The number of thiazole rings is 1. The molecule has 0 N–H and O–H groups in total. The monoisotopic (exact) mass is 468 g/mol. The average Bonchev–Trinajstić information content (AvgIpc) is 3.43. The maximum absolute atomic E-state index is 13.1. The van der Waals surface area contributed by atoms with E-state index in [1.54, 1.807) is 11.0 Å². The predicted octanol–water partition coefficient (Wildman–Crippen LogP) is 2.27. The van der Waals surface area contributed by atoms with E-state index in [0.717, 1.165) is 22.7 Å². The maximum atomic E-state index is 13.1. The van der Waals surface area contributed by atoms with Gasteiger partial charge in [0.05, 0.1) is 10.2 Å². The second-order valence-electron chi connectivity index (χ2n) is 7.12. The van der Waals surface area contributed by atoms with Crippen LogP contribution in [0.15, 0.2) is 12.1 Å². The van der Waals surface area contributed by atoms with Crippen molar-refractivity contribution in [2.24, 2.45) is 0 Å². The first-order chi connectivity index (χ1) is 14.5. The molecule has 0 radical (unpaired) electrons. The molecule has 0 atom stereocenters. The zero-order chi connectivity index (χ0) is 21.3. The maximum Gasteiger partial charge on any atom is 0.248 e. The number of anilines is 1. The van der Waals surface area contributed by atoms with Gasteiger partial charge in [0.25, 0.3) is 0 Å². The number of rotatable bonds is 8. The number of likely N-dealkylation sites (N-methyl/N-ethyl adjacent to an activating group) is 1. The summed E-state index contributed by atoms with van der Waals surface area (Å²) in [7, 11) is 0. The van der Waals surface area contributed by atoms with E-state index in [9.17, 15) is 14.4 Å². The summed E-state index contributed by atoms with van der Waals surface area (Å²) in [4.78, 5) is 46.6. The Bertz CT molecular complexity index is 936. The van der Waals surface area contributed by atoms with Crippen LogP contribution in [0.3, 0.4) is 0 Å². The molecular formula is C20H25ClN4O5S. The van der Waals surface area contributed by atoms with Crippen molar-refractivity contribution in [2.75, 3.05) is 44.4 Å². The molecule has 11 heteroatoms. The van der Waals surface area contributed by atoms with Crippen LogP contribution in [0.25, 0.3) is 10.2 Å². The van der Waals surface area contributed by atoms with Gasteiger partial charge in [-0.2, -0.15) is 0 Å². The van der Waals surface area contributed by atoms with Crippen LogP contribution in [-0.4, -0.2) is 72.0 Å². The molecule has 1 saturated heterocycles. The summed E-state index contributed by atoms with van der Waals surface area (Å²) in [6.07, 6.45) is 0.330. The molecule has 0 bridgehead atoms. The first kappa shape index (κ1) is 23.2. The second-order valence-corrected chi connectivity index (χ2v) is 8.12. The predicted molar refractivity (Wildman–Crippen MR) is 119 cm³/mol. The number of benzene rings is 1. The Kier molecular flexibility index (Phi) is 7.34. The van der Waals surface area contributed by atoms with Crippen LogP contribution in [0.5, 0.6) is 11.5 Å². The van der Waals surface area contributed by atoms with E-state index in [1.807, 2.05) is 6.07 Å². The van der Waals surface area contributed by atoms with Crippen LogP contribution in [0.1, 0.15) is 26.7 Å². The lowest BCUT2D eigenvalue weighted by atomic mass is 10.3. The van der Waals surface area contributed by atoms with Gasteiger partial charge in [-0.1, -0.05) is 25.2 Å². The van der Waals surface area contributed by atoms with Crippen LogP contribution >= 0.6 is 23.7 Å². The minimum Gasteiger partial charge on any atom is -0.454 e. The molecule has 1 fully saturated rings. The molecule has 2 aliphatic rings. The van der Waals surface area contributed by atoms with E-state index in [0.29, 0.717) is 35.2 Å². The standard InChI is InChI=1S/C20H24N4O5S.ClH/c1-3-22(4-2)7-8-23(19(27)11-24-17(25)5-6-18(24)26)20-21-13-9-14-15(29-12-28-14)10-16(13)30-20;/h9-10H,3-8,11-12H2,1-2H3;1H. The van der Waals surface area contributed by atoms with Crippen molar-refractivity contribution in [1.82, 2.24) is 14.8 Å². The smallest absolute Gasteiger partial charge is 0.248 e. The lowest BCUT2D eigenvalue weighted by Gasteiger charge is -2.26. The van der Waals surface area contributed by atoms with Gasteiger partial charge < -0.3 is 14.4 Å². The van der Waals surface area contributed by atoms with E-state index >= 15 is 0 Å². The molecule has 3 heterocycles.